The Balaban J connectivity index is 1.21. The second-order valence-corrected chi connectivity index (χ2v) is 13.1. The lowest BCUT2D eigenvalue weighted by Crippen LogP contribution is -2.63. The van der Waals surface area contributed by atoms with E-state index in [4.69, 9.17) is 10.7 Å². The summed E-state index contributed by atoms with van der Waals surface area (Å²) in [6.45, 7) is 1.86. The van der Waals surface area contributed by atoms with Gasteiger partial charge in [-0.1, -0.05) is 6.07 Å². The van der Waals surface area contributed by atoms with E-state index in [-0.39, 0.29) is 17.5 Å². The zero-order valence-corrected chi connectivity index (χ0v) is 22.9. The van der Waals surface area contributed by atoms with Crippen LogP contribution in [0.1, 0.15) is 48.9 Å². The number of benzene rings is 2. The Labute approximate surface area is 230 Å². The van der Waals surface area contributed by atoms with Crippen LogP contribution in [0.15, 0.2) is 35.2 Å². The largest absolute Gasteiger partial charge is 0.382 e. The minimum atomic E-state index is -0.436. The number of halogens is 1. The van der Waals surface area contributed by atoms with E-state index in [9.17, 15) is 4.79 Å². The van der Waals surface area contributed by atoms with Crippen LogP contribution >= 0.6 is 11.8 Å². The van der Waals surface area contributed by atoms with Gasteiger partial charge >= 0.3 is 0 Å². The van der Waals surface area contributed by atoms with E-state index in [1.807, 2.05) is 23.4 Å². The predicted molar refractivity (Wildman–Crippen MR) is 154 cm³/mol. The highest BCUT2D eigenvalue weighted by atomic mass is 32.2. The number of rotatable bonds is 5. The fourth-order valence-electron chi connectivity index (χ4n) is 7.20. The van der Waals surface area contributed by atoms with Crippen molar-refractivity contribution in [3.05, 3.63) is 41.7 Å². The van der Waals surface area contributed by atoms with Gasteiger partial charge in [-0.2, -0.15) is 0 Å². The standard InChI is InChI=1S/C30H33FN6OS/c1-36-27-20(31)12-18(29(38)35-24-7-5-19-8-9-30(19,24)32)13-21(27)34-28(36)22-14-17-4-6-23-25(33-10-11-39-23)26(17)37(22)15-16-2-3-16/h4,6,12-14,16,19,24,33H,2-3,5,7-11,15,32H2,1H3,(H,35,38)/t19-,24-,30+/m1/s1. The van der Waals surface area contributed by atoms with Crippen molar-refractivity contribution in [3.8, 4) is 11.5 Å². The number of nitrogens with one attached hydrogen (secondary N) is 2. The molecule has 4 N–H and O–H groups in total. The first kappa shape index (κ1) is 23.8. The van der Waals surface area contributed by atoms with E-state index in [0.29, 0.717) is 34.3 Å². The molecule has 3 atom stereocenters. The van der Waals surface area contributed by atoms with Crippen LogP contribution in [-0.2, 0) is 13.6 Å². The Morgan fingerprint density at radius 3 is 2.85 bits per heavy atom. The van der Waals surface area contributed by atoms with E-state index < -0.39 is 5.82 Å². The summed E-state index contributed by atoms with van der Waals surface area (Å²) in [6, 6.07) is 9.57. The molecule has 0 unspecified atom stereocenters. The summed E-state index contributed by atoms with van der Waals surface area (Å²) in [4.78, 5) is 19.4. The van der Waals surface area contributed by atoms with Gasteiger partial charge in [-0.25, -0.2) is 9.37 Å². The van der Waals surface area contributed by atoms with Crippen LogP contribution in [0.4, 0.5) is 10.1 Å². The minimum absolute atomic E-state index is 0.0577. The SMILES string of the molecule is Cn1c(-c2cc3ccc4c(c3n2CC2CC2)NCCS4)nc2cc(C(=O)N[C@@H]3CC[C@@H]4CC[C@]43N)cc(F)c21. The topological polar surface area (TPSA) is 89.9 Å². The maximum Gasteiger partial charge on any atom is 0.251 e. The molecule has 3 aliphatic carbocycles. The number of amides is 1. The molecular weight excluding hydrogens is 511 g/mol. The fourth-order valence-corrected chi connectivity index (χ4v) is 8.10. The number of thioether (sulfide) groups is 1. The Kier molecular flexibility index (Phi) is 5.18. The number of hydrogen-bond acceptors (Lipinski definition) is 5. The summed E-state index contributed by atoms with van der Waals surface area (Å²) >= 11 is 1.89. The molecule has 1 amide bonds. The highest BCUT2D eigenvalue weighted by Gasteiger charge is 2.53. The van der Waals surface area contributed by atoms with Gasteiger partial charge in [0.05, 0.1) is 22.4 Å². The number of fused-ring (bicyclic) bond motifs is 5. The molecule has 7 nitrogen and oxygen atoms in total. The summed E-state index contributed by atoms with van der Waals surface area (Å²) in [7, 11) is 1.86. The fraction of sp³-hybridized carbons (Fsp3) is 0.467. The number of hydrogen-bond donors (Lipinski definition) is 3. The Bertz CT molecular complexity index is 1670. The van der Waals surface area contributed by atoms with Crippen LogP contribution in [0, 0.1) is 17.7 Å². The van der Waals surface area contributed by atoms with Crippen LogP contribution in [0.25, 0.3) is 33.5 Å². The van der Waals surface area contributed by atoms with Crippen LogP contribution < -0.4 is 16.4 Å². The first-order chi connectivity index (χ1) is 18.9. The van der Waals surface area contributed by atoms with Crippen molar-refractivity contribution in [2.24, 2.45) is 24.6 Å². The van der Waals surface area contributed by atoms with E-state index in [0.717, 1.165) is 55.6 Å². The highest BCUT2D eigenvalue weighted by molar-refractivity contribution is 7.99. The van der Waals surface area contributed by atoms with Crippen molar-refractivity contribution in [1.29, 1.82) is 0 Å². The molecule has 2 aromatic heterocycles. The lowest BCUT2D eigenvalue weighted by Gasteiger charge is -2.45. The molecule has 0 saturated heterocycles. The smallest absolute Gasteiger partial charge is 0.251 e. The first-order valence-electron chi connectivity index (χ1n) is 14.2. The molecule has 3 heterocycles. The third-order valence-electron chi connectivity index (χ3n) is 9.68. The van der Waals surface area contributed by atoms with E-state index in [2.05, 4.69) is 33.4 Å². The van der Waals surface area contributed by atoms with Crippen molar-refractivity contribution in [1.82, 2.24) is 19.4 Å². The zero-order valence-electron chi connectivity index (χ0n) is 22.1. The molecule has 2 aromatic carbocycles. The lowest BCUT2D eigenvalue weighted by atomic mass is 9.68. The maximum atomic E-state index is 15.6. The van der Waals surface area contributed by atoms with Gasteiger partial charge in [0.15, 0.2) is 5.82 Å². The average Bonchev–Trinajstić information content (AvgIpc) is 3.53. The molecule has 8 rings (SSSR count). The Hall–Kier alpha value is -3.04. The molecule has 0 bridgehead atoms. The molecule has 9 heteroatoms. The number of aryl methyl sites for hydroxylation is 1. The van der Waals surface area contributed by atoms with Crippen LogP contribution in [0.3, 0.4) is 0 Å². The second-order valence-electron chi connectivity index (χ2n) is 12.0. The summed E-state index contributed by atoms with van der Waals surface area (Å²) in [6.07, 6.45) is 6.47. The normalized spacial score (nSPS) is 25.8. The Morgan fingerprint density at radius 1 is 1.21 bits per heavy atom. The number of carbonyl (C=O) groups excluding carboxylic acids is 1. The van der Waals surface area contributed by atoms with Gasteiger partial charge in [0.1, 0.15) is 11.3 Å². The van der Waals surface area contributed by atoms with Gasteiger partial charge in [0, 0.05) is 53.3 Å². The number of nitrogens with two attached hydrogens (primary N) is 1. The highest BCUT2D eigenvalue weighted by Crippen LogP contribution is 2.49. The summed E-state index contributed by atoms with van der Waals surface area (Å²) in [5, 5.41) is 7.91. The van der Waals surface area contributed by atoms with Crippen LogP contribution in [0.2, 0.25) is 0 Å². The van der Waals surface area contributed by atoms with E-state index >= 15 is 4.39 Å². The van der Waals surface area contributed by atoms with Crippen molar-refractivity contribution < 1.29 is 9.18 Å². The summed E-state index contributed by atoms with van der Waals surface area (Å²) in [5.41, 5.74) is 10.9. The number of anilines is 1. The minimum Gasteiger partial charge on any atom is -0.382 e. The third kappa shape index (κ3) is 3.58. The third-order valence-corrected chi connectivity index (χ3v) is 10.7. The molecule has 39 heavy (non-hydrogen) atoms. The predicted octanol–water partition coefficient (Wildman–Crippen LogP) is 5.26. The zero-order chi connectivity index (χ0) is 26.5. The van der Waals surface area contributed by atoms with Gasteiger partial charge in [0.2, 0.25) is 0 Å². The maximum absolute atomic E-state index is 15.6. The number of nitrogens with zero attached hydrogens (tertiary/aromatic N) is 3. The first-order valence-corrected chi connectivity index (χ1v) is 15.2. The van der Waals surface area contributed by atoms with E-state index in [1.54, 1.807) is 6.07 Å². The lowest BCUT2D eigenvalue weighted by molar-refractivity contribution is 0.0861. The summed E-state index contributed by atoms with van der Waals surface area (Å²) < 4.78 is 19.8. The molecule has 3 saturated carbocycles. The van der Waals surface area contributed by atoms with Crippen LogP contribution in [0.5, 0.6) is 0 Å². The second kappa shape index (κ2) is 8.48. The monoisotopic (exact) mass is 544 g/mol. The summed E-state index contributed by atoms with van der Waals surface area (Å²) in [5.74, 6) is 2.21. The van der Waals surface area contributed by atoms with Gasteiger partial charge < -0.3 is 25.5 Å². The molecule has 4 aromatic rings. The van der Waals surface area contributed by atoms with Crippen molar-refractivity contribution in [2.75, 3.05) is 17.6 Å². The molecule has 3 fully saturated rings. The van der Waals surface area contributed by atoms with Crippen molar-refractivity contribution in [2.45, 2.75) is 61.5 Å². The van der Waals surface area contributed by atoms with Crippen LogP contribution in [-0.4, -0.2) is 43.9 Å². The molecule has 4 aliphatic rings. The molecule has 0 radical (unpaired) electrons. The van der Waals surface area contributed by atoms with E-state index in [1.165, 1.54) is 35.0 Å². The molecule has 202 valence electrons. The molecule has 1 aliphatic heterocycles. The average molecular weight is 545 g/mol. The number of carbonyl (C=O) groups is 1. The van der Waals surface area contributed by atoms with Gasteiger partial charge in [0.25, 0.3) is 5.91 Å². The van der Waals surface area contributed by atoms with Gasteiger partial charge in [-0.3, -0.25) is 4.79 Å². The molecular formula is C30H33FN6OS. The van der Waals surface area contributed by atoms with Gasteiger partial charge in [-0.05, 0) is 74.6 Å². The number of imidazole rings is 1. The molecule has 0 spiro atoms. The quantitative estimate of drug-likeness (QED) is 0.319. The van der Waals surface area contributed by atoms with Gasteiger partial charge in [-0.15, -0.1) is 11.8 Å². The van der Waals surface area contributed by atoms with Crippen molar-refractivity contribution in [3.63, 3.8) is 0 Å². The Morgan fingerprint density at radius 2 is 2.08 bits per heavy atom. The number of aromatic nitrogens is 3. The van der Waals surface area contributed by atoms with Crippen molar-refractivity contribution >= 4 is 45.3 Å².